The number of anilines is 1. The maximum Gasteiger partial charge on any atom is 0.244 e. The second kappa shape index (κ2) is 7.87. The van der Waals surface area contributed by atoms with Crippen LogP contribution in [0.15, 0.2) is 72.8 Å². The maximum atomic E-state index is 12.7. The van der Waals surface area contributed by atoms with Gasteiger partial charge in [-0.05, 0) is 48.4 Å². The van der Waals surface area contributed by atoms with Crippen LogP contribution in [-0.4, -0.2) is 15.5 Å². The van der Waals surface area contributed by atoms with Gasteiger partial charge in [0, 0.05) is 17.1 Å². The van der Waals surface area contributed by atoms with Gasteiger partial charge >= 0.3 is 0 Å². The van der Waals surface area contributed by atoms with Crippen molar-refractivity contribution in [3.05, 3.63) is 94.8 Å². The van der Waals surface area contributed by atoms with Crippen molar-refractivity contribution in [2.75, 3.05) is 5.32 Å². The zero-order valence-electron chi connectivity index (χ0n) is 15.5. The minimum Gasteiger partial charge on any atom is -0.324 e. The number of halogens is 1. The molecule has 0 bridgehead atoms. The molecular weight excluding hydrogens is 370 g/mol. The fourth-order valence-corrected chi connectivity index (χ4v) is 3.52. The molecule has 4 aromatic rings. The molecule has 0 unspecified atom stereocenters. The van der Waals surface area contributed by atoms with Crippen molar-refractivity contribution in [2.24, 2.45) is 0 Å². The Balaban J connectivity index is 1.65. The van der Waals surface area contributed by atoms with E-state index in [1.807, 2.05) is 53.1 Å². The van der Waals surface area contributed by atoms with Crippen LogP contribution in [0, 0.1) is 6.92 Å². The normalized spacial score (nSPS) is 10.9. The molecule has 1 amide bonds. The van der Waals surface area contributed by atoms with E-state index in [0.717, 1.165) is 16.9 Å². The van der Waals surface area contributed by atoms with Crippen LogP contribution in [-0.2, 0) is 17.8 Å². The van der Waals surface area contributed by atoms with Gasteiger partial charge in [0.25, 0.3) is 0 Å². The Kier molecular flexibility index (Phi) is 5.13. The summed E-state index contributed by atoms with van der Waals surface area (Å²) in [4.78, 5) is 17.5. The van der Waals surface area contributed by atoms with Crippen molar-refractivity contribution < 1.29 is 4.79 Å². The third-order valence-electron chi connectivity index (χ3n) is 4.75. The number of fused-ring (bicyclic) bond motifs is 1. The van der Waals surface area contributed by atoms with Crippen molar-refractivity contribution in [1.29, 1.82) is 0 Å². The summed E-state index contributed by atoms with van der Waals surface area (Å²) < 4.78 is 1.99. The zero-order valence-corrected chi connectivity index (χ0v) is 16.3. The third kappa shape index (κ3) is 3.92. The fraction of sp³-hybridized carbons (Fsp3) is 0.130. The highest BCUT2D eigenvalue weighted by Gasteiger charge is 2.15. The average Bonchev–Trinajstić information content (AvgIpc) is 3.01. The first-order valence-electron chi connectivity index (χ1n) is 9.14. The van der Waals surface area contributed by atoms with E-state index in [9.17, 15) is 4.79 Å². The van der Waals surface area contributed by atoms with Crippen LogP contribution in [0.5, 0.6) is 0 Å². The molecule has 4 nitrogen and oxygen atoms in total. The van der Waals surface area contributed by atoms with Crippen molar-refractivity contribution in [3.63, 3.8) is 0 Å². The van der Waals surface area contributed by atoms with Crippen LogP contribution in [0.4, 0.5) is 5.69 Å². The van der Waals surface area contributed by atoms with Gasteiger partial charge < -0.3 is 9.88 Å². The number of nitrogens with zero attached hydrogens (tertiary/aromatic N) is 2. The predicted octanol–water partition coefficient (Wildman–Crippen LogP) is 5.23. The zero-order chi connectivity index (χ0) is 19.5. The summed E-state index contributed by atoms with van der Waals surface area (Å²) in [5.41, 5.74) is 4.94. The second-order valence-electron chi connectivity index (χ2n) is 6.76. The van der Waals surface area contributed by atoms with Crippen LogP contribution >= 0.6 is 11.6 Å². The van der Waals surface area contributed by atoms with Crippen LogP contribution in [0.1, 0.15) is 17.0 Å². The first-order valence-corrected chi connectivity index (χ1v) is 9.52. The summed E-state index contributed by atoms with van der Waals surface area (Å²) in [5.74, 6) is 0.758. The van der Waals surface area contributed by atoms with Gasteiger partial charge in [-0.2, -0.15) is 0 Å². The van der Waals surface area contributed by atoms with Crippen molar-refractivity contribution in [3.8, 4) is 0 Å². The largest absolute Gasteiger partial charge is 0.324 e. The highest BCUT2D eigenvalue weighted by molar-refractivity contribution is 6.30. The number of aromatic nitrogens is 2. The van der Waals surface area contributed by atoms with Crippen LogP contribution in [0.25, 0.3) is 11.0 Å². The summed E-state index contributed by atoms with van der Waals surface area (Å²) in [5, 5.41) is 3.51. The van der Waals surface area contributed by atoms with E-state index in [1.165, 1.54) is 11.1 Å². The molecular formula is C23H20ClN3O. The predicted molar refractivity (Wildman–Crippen MR) is 114 cm³/mol. The number of amides is 1. The molecule has 3 aromatic carbocycles. The lowest BCUT2D eigenvalue weighted by molar-refractivity contribution is -0.116. The Bertz CT molecular complexity index is 1150. The number of rotatable bonds is 5. The highest BCUT2D eigenvalue weighted by Crippen LogP contribution is 2.21. The maximum absolute atomic E-state index is 12.7. The smallest absolute Gasteiger partial charge is 0.244 e. The third-order valence-corrected chi connectivity index (χ3v) is 4.99. The molecule has 4 rings (SSSR count). The second-order valence-corrected chi connectivity index (χ2v) is 7.20. The van der Waals surface area contributed by atoms with E-state index in [4.69, 9.17) is 16.6 Å². The molecule has 0 saturated carbocycles. The van der Waals surface area contributed by atoms with E-state index in [0.29, 0.717) is 17.1 Å². The fourth-order valence-electron chi connectivity index (χ4n) is 3.33. The summed E-state index contributed by atoms with van der Waals surface area (Å²) >= 11 is 6.01. The van der Waals surface area contributed by atoms with Gasteiger partial charge in [-0.15, -0.1) is 0 Å². The van der Waals surface area contributed by atoms with Gasteiger partial charge in [-0.25, -0.2) is 4.98 Å². The number of benzene rings is 3. The number of imidazole rings is 1. The number of hydrogen-bond donors (Lipinski definition) is 1. The molecule has 0 fully saturated rings. The summed E-state index contributed by atoms with van der Waals surface area (Å²) in [6.45, 7) is 2.28. The van der Waals surface area contributed by atoms with Crippen molar-refractivity contribution >= 4 is 34.2 Å². The Hall–Kier alpha value is -3.11. The summed E-state index contributed by atoms with van der Waals surface area (Å²) in [6.07, 6.45) is 0.672. The molecule has 0 radical (unpaired) electrons. The van der Waals surface area contributed by atoms with Gasteiger partial charge in [0.05, 0.1) is 11.0 Å². The highest BCUT2D eigenvalue weighted by atomic mass is 35.5. The van der Waals surface area contributed by atoms with Crippen LogP contribution < -0.4 is 5.32 Å². The number of hydrogen-bond acceptors (Lipinski definition) is 2. The Labute approximate surface area is 168 Å². The van der Waals surface area contributed by atoms with Crippen molar-refractivity contribution in [1.82, 2.24) is 9.55 Å². The summed E-state index contributed by atoms with van der Waals surface area (Å²) in [7, 11) is 0. The van der Waals surface area contributed by atoms with Gasteiger partial charge in [-0.3, -0.25) is 4.79 Å². The topological polar surface area (TPSA) is 46.9 Å². The van der Waals surface area contributed by atoms with Gasteiger partial charge in [0.15, 0.2) is 0 Å². The first kappa shape index (κ1) is 18.3. The average molecular weight is 390 g/mol. The number of carbonyl (C=O) groups is 1. The Morgan fingerprint density at radius 2 is 1.82 bits per heavy atom. The molecule has 1 aromatic heterocycles. The van der Waals surface area contributed by atoms with E-state index in [1.54, 1.807) is 12.1 Å². The summed E-state index contributed by atoms with van der Waals surface area (Å²) in [6, 6.07) is 23.3. The molecule has 0 aliphatic carbocycles. The first-order chi connectivity index (χ1) is 13.6. The number of para-hydroxylation sites is 2. The molecule has 140 valence electrons. The molecule has 0 atom stereocenters. The monoisotopic (exact) mass is 389 g/mol. The SMILES string of the molecule is Cc1ccccc1Cc1nc2ccccc2n1CC(=O)Nc1cccc(Cl)c1. The van der Waals surface area contributed by atoms with E-state index in [2.05, 4.69) is 24.4 Å². The lowest BCUT2D eigenvalue weighted by atomic mass is 10.1. The van der Waals surface area contributed by atoms with Crippen molar-refractivity contribution in [2.45, 2.75) is 19.9 Å². The van der Waals surface area contributed by atoms with E-state index >= 15 is 0 Å². The van der Waals surface area contributed by atoms with Gasteiger partial charge in [-0.1, -0.05) is 54.1 Å². The molecule has 1 N–H and O–H groups in total. The standard InChI is InChI=1S/C23H20ClN3O/c1-16-7-2-3-8-17(16)13-22-26-20-11-4-5-12-21(20)27(22)15-23(28)25-19-10-6-9-18(24)14-19/h2-12,14H,13,15H2,1H3,(H,25,28). The molecule has 0 aliphatic heterocycles. The molecule has 1 heterocycles. The molecule has 5 heteroatoms. The Morgan fingerprint density at radius 3 is 2.64 bits per heavy atom. The minimum absolute atomic E-state index is 0.114. The minimum atomic E-state index is -0.114. The van der Waals surface area contributed by atoms with Gasteiger partial charge in [0.2, 0.25) is 5.91 Å². The molecule has 0 aliphatic rings. The number of nitrogens with one attached hydrogen (secondary N) is 1. The quantitative estimate of drug-likeness (QED) is 0.508. The number of carbonyl (C=O) groups excluding carboxylic acids is 1. The lowest BCUT2D eigenvalue weighted by Crippen LogP contribution is -2.20. The number of aryl methyl sites for hydroxylation is 1. The van der Waals surface area contributed by atoms with E-state index in [-0.39, 0.29) is 12.5 Å². The van der Waals surface area contributed by atoms with E-state index < -0.39 is 0 Å². The molecule has 0 saturated heterocycles. The van der Waals surface area contributed by atoms with Crippen LogP contribution in [0.3, 0.4) is 0 Å². The Morgan fingerprint density at radius 1 is 1.04 bits per heavy atom. The molecule has 28 heavy (non-hydrogen) atoms. The lowest BCUT2D eigenvalue weighted by Gasteiger charge is -2.11. The van der Waals surface area contributed by atoms with Gasteiger partial charge in [0.1, 0.15) is 12.4 Å². The molecule has 0 spiro atoms. The van der Waals surface area contributed by atoms with Crippen LogP contribution in [0.2, 0.25) is 5.02 Å².